The van der Waals surface area contributed by atoms with Gasteiger partial charge in [-0.2, -0.15) is 8.75 Å². The van der Waals surface area contributed by atoms with E-state index in [-0.39, 0.29) is 6.04 Å². The van der Waals surface area contributed by atoms with E-state index >= 15 is 0 Å². The summed E-state index contributed by atoms with van der Waals surface area (Å²) in [5, 5.41) is 4.27. The van der Waals surface area contributed by atoms with Crippen molar-refractivity contribution in [3.8, 4) is 0 Å². The van der Waals surface area contributed by atoms with Gasteiger partial charge in [0.2, 0.25) is 0 Å². The molecule has 1 unspecified atom stereocenters. The second kappa shape index (κ2) is 6.27. The number of aryl methyl sites for hydroxylation is 1. The molecule has 0 saturated heterocycles. The molecule has 5 heteroatoms. The Morgan fingerprint density at radius 2 is 2.28 bits per heavy atom. The highest BCUT2D eigenvalue weighted by molar-refractivity contribution is 6.99. The summed E-state index contributed by atoms with van der Waals surface area (Å²) in [5.74, 6) is 0. The molecule has 0 saturated carbocycles. The molecule has 1 aromatic carbocycles. The minimum Gasteiger partial charge on any atom is -0.305 e. The van der Waals surface area contributed by atoms with E-state index in [0.717, 1.165) is 34.8 Å². The van der Waals surface area contributed by atoms with Gasteiger partial charge in [-0.15, -0.1) is 0 Å². The van der Waals surface area contributed by atoms with Crippen molar-refractivity contribution in [3.63, 3.8) is 0 Å². The Labute approximate surface area is 117 Å². The molecule has 0 aliphatic rings. The molecule has 96 valence electrons. The Hall–Kier alpha value is -0.970. The van der Waals surface area contributed by atoms with Gasteiger partial charge < -0.3 is 5.32 Å². The van der Waals surface area contributed by atoms with Crippen LogP contribution in [0.1, 0.15) is 36.2 Å². The van der Waals surface area contributed by atoms with E-state index in [0.29, 0.717) is 0 Å². The monoisotopic (exact) mass is 281 g/mol. The predicted molar refractivity (Wildman–Crippen MR) is 76.2 cm³/mol. The Kier molecular flexibility index (Phi) is 4.69. The van der Waals surface area contributed by atoms with Crippen LogP contribution in [0.2, 0.25) is 5.02 Å². The molecule has 0 aliphatic carbocycles. The van der Waals surface area contributed by atoms with Crippen molar-refractivity contribution in [1.29, 1.82) is 0 Å². The molecule has 1 heterocycles. The van der Waals surface area contributed by atoms with Gasteiger partial charge in [-0.25, -0.2) is 0 Å². The van der Waals surface area contributed by atoms with E-state index in [1.54, 1.807) is 0 Å². The van der Waals surface area contributed by atoms with Crippen molar-refractivity contribution in [1.82, 2.24) is 14.1 Å². The molecule has 3 nitrogen and oxygen atoms in total. The fraction of sp³-hybridized carbons (Fsp3) is 0.385. The van der Waals surface area contributed by atoms with Crippen LogP contribution in [0, 0.1) is 6.92 Å². The summed E-state index contributed by atoms with van der Waals surface area (Å²) in [6.07, 6.45) is 2.89. The van der Waals surface area contributed by atoms with Crippen molar-refractivity contribution in [2.45, 2.75) is 26.3 Å². The lowest BCUT2D eigenvalue weighted by Gasteiger charge is -2.17. The van der Waals surface area contributed by atoms with Crippen LogP contribution in [0.4, 0.5) is 0 Å². The molecule has 1 N–H and O–H groups in total. The quantitative estimate of drug-likeness (QED) is 0.910. The molecular weight excluding hydrogens is 266 g/mol. The minimum absolute atomic E-state index is 0.0711. The Morgan fingerprint density at radius 3 is 2.89 bits per heavy atom. The second-order valence-electron chi connectivity index (χ2n) is 4.23. The zero-order chi connectivity index (χ0) is 13.0. The topological polar surface area (TPSA) is 37.8 Å². The molecule has 0 bridgehead atoms. The first kappa shape index (κ1) is 13.5. The fourth-order valence-electron chi connectivity index (χ4n) is 1.77. The maximum absolute atomic E-state index is 6.19. The van der Waals surface area contributed by atoms with Crippen LogP contribution >= 0.6 is 23.3 Å². The van der Waals surface area contributed by atoms with Gasteiger partial charge in [-0.05, 0) is 37.1 Å². The number of halogens is 1. The standard InChI is InChI=1S/C13H16ClN3S/c1-3-6-15-13(12-8-16-18-17-12)10-5-4-9(2)11(14)7-10/h4-5,7-8,13,15H,3,6H2,1-2H3. The third kappa shape index (κ3) is 3.07. The van der Waals surface area contributed by atoms with Crippen molar-refractivity contribution in [2.24, 2.45) is 0 Å². The first-order chi connectivity index (χ1) is 8.72. The number of nitrogens with zero attached hydrogens (tertiary/aromatic N) is 2. The lowest BCUT2D eigenvalue weighted by Crippen LogP contribution is -2.23. The van der Waals surface area contributed by atoms with Gasteiger partial charge in [0, 0.05) is 5.02 Å². The number of aromatic nitrogens is 2. The van der Waals surface area contributed by atoms with Crippen LogP contribution in [-0.2, 0) is 0 Å². The average molecular weight is 282 g/mol. The molecule has 18 heavy (non-hydrogen) atoms. The van der Waals surface area contributed by atoms with Gasteiger partial charge in [0.05, 0.1) is 29.7 Å². The van der Waals surface area contributed by atoms with E-state index in [9.17, 15) is 0 Å². The lowest BCUT2D eigenvalue weighted by atomic mass is 10.0. The summed E-state index contributed by atoms with van der Waals surface area (Å²) >= 11 is 7.42. The zero-order valence-electron chi connectivity index (χ0n) is 10.5. The molecule has 0 fully saturated rings. The first-order valence-corrected chi connectivity index (χ1v) is 7.10. The van der Waals surface area contributed by atoms with Crippen LogP contribution in [0.3, 0.4) is 0 Å². The molecule has 2 aromatic rings. The summed E-state index contributed by atoms with van der Waals surface area (Å²) in [4.78, 5) is 0. The van der Waals surface area contributed by atoms with Gasteiger partial charge in [0.1, 0.15) is 0 Å². The normalized spacial score (nSPS) is 12.6. The van der Waals surface area contributed by atoms with Crippen LogP contribution in [-0.4, -0.2) is 15.3 Å². The SMILES string of the molecule is CCCNC(c1ccc(C)c(Cl)c1)c1cnsn1. The highest BCUT2D eigenvalue weighted by Crippen LogP contribution is 2.25. The smallest absolute Gasteiger partial charge is 0.0957 e. The third-order valence-electron chi connectivity index (χ3n) is 2.80. The highest BCUT2D eigenvalue weighted by Gasteiger charge is 2.16. The van der Waals surface area contributed by atoms with E-state index in [1.165, 1.54) is 11.7 Å². The number of hydrogen-bond donors (Lipinski definition) is 1. The number of rotatable bonds is 5. The van der Waals surface area contributed by atoms with E-state index in [4.69, 9.17) is 11.6 Å². The zero-order valence-corrected chi connectivity index (χ0v) is 12.1. The summed E-state index contributed by atoms with van der Waals surface area (Å²) in [5.41, 5.74) is 3.17. The summed E-state index contributed by atoms with van der Waals surface area (Å²) in [6.45, 7) is 5.09. The molecule has 0 aliphatic heterocycles. The summed E-state index contributed by atoms with van der Waals surface area (Å²) < 4.78 is 8.40. The largest absolute Gasteiger partial charge is 0.305 e. The maximum Gasteiger partial charge on any atom is 0.0957 e. The van der Waals surface area contributed by atoms with Crippen molar-refractivity contribution in [3.05, 3.63) is 46.2 Å². The maximum atomic E-state index is 6.19. The van der Waals surface area contributed by atoms with Crippen LogP contribution in [0.5, 0.6) is 0 Å². The summed E-state index contributed by atoms with van der Waals surface area (Å²) in [6, 6.07) is 6.21. The molecule has 0 amide bonds. The third-order valence-corrected chi connectivity index (χ3v) is 3.70. The average Bonchev–Trinajstić information content (AvgIpc) is 2.88. The van der Waals surface area contributed by atoms with Crippen LogP contribution in [0.15, 0.2) is 24.4 Å². The van der Waals surface area contributed by atoms with Gasteiger partial charge in [-0.1, -0.05) is 30.7 Å². The minimum atomic E-state index is 0.0711. The molecular formula is C13H16ClN3S. The number of hydrogen-bond acceptors (Lipinski definition) is 4. The van der Waals surface area contributed by atoms with Gasteiger partial charge in [0.25, 0.3) is 0 Å². The Balaban J connectivity index is 2.30. The summed E-state index contributed by atoms with van der Waals surface area (Å²) in [7, 11) is 0. The number of benzene rings is 1. The molecule has 1 aromatic heterocycles. The Bertz CT molecular complexity index is 499. The van der Waals surface area contributed by atoms with Crippen molar-refractivity contribution in [2.75, 3.05) is 6.54 Å². The molecule has 2 rings (SSSR count). The van der Waals surface area contributed by atoms with Crippen LogP contribution in [0.25, 0.3) is 0 Å². The van der Waals surface area contributed by atoms with Gasteiger partial charge in [0.15, 0.2) is 0 Å². The van der Waals surface area contributed by atoms with Gasteiger partial charge in [-0.3, -0.25) is 0 Å². The predicted octanol–water partition coefficient (Wildman–Crippen LogP) is 3.59. The van der Waals surface area contributed by atoms with Crippen molar-refractivity contribution >= 4 is 23.3 Å². The van der Waals surface area contributed by atoms with Crippen molar-refractivity contribution < 1.29 is 0 Å². The lowest BCUT2D eigenvalue weighted by molar-refractivity contribution is 0.590. The van der Waals surface area contributed by atoms with Crippen LogP contribution < -0.4 is 5.32 Å². The Morgan fingerprint density at radius 1 is 1.44 bits per heavy atom. The van der Waals surface area contributed by atoms with E-state index in [1.807, 2.05) is 25.3 Å². The fourth-order valence-corrected chi connectivity index (χ4v) is 2.41. The second-order valence-corrected chi connectivity index (χ2v) is 5.19. The molecule has 0 radical (unpaired) electrons. The van der Waals surface area contributed by atoms with Gasteiger partial charge >= 0.3 is 0 Å². The first-order valence-electron chi connectivity index (χ1n) is 5.99. The molecule has 1 atom stereocenters. The van der Waals surface area contributed by atoms with E-state index < -0.39 is 0 Å². The molecule has 0 spiro atoms. The highest BCUT2D eigenvalue weighted by atomic mass is 35.5. The number of nitrogens with one attached hydrogen (secondary N) is 1. The van der Waals surface area contributed by atoms with E-state index in [2.05, 4.69) is 27.1 Å².